The van der Waals surface area contributed by atoms with Crippen molar-refractivity contribution < 1.29 is 4.79 Å². The second-order valence-corrected chi connectivity index (χ2v) is 7.12. The standard InChI is InChI=1S/C19H18ClN3OS/c1-12-10-15(20)8-9-16(12)23-18(24)17-13(2)22-19(25-17)21-11-14-6-4-3-5-7-14/h3-10H,11H2,1-2H3,(H,21,22)(H,23,24). The number of aryl methyl sites for hydroxylation is 2. The number of rotatable bonds is 5. The lowest BCUT2D eigenvalue weighted by molar-refractivity contribution is 0.102. The minimum absolute atomic E-state index is 0.159. The normalized spacial score (nSPS) is 10.5. The predicted octanol–water partition coefficient (Wildman–Crippen LogP) is 5.28. The quantitative estimate of drug-likeness (QED) is 0.641. The van der Waals surface area contributed by atoms with Crippen molar-refractivity contribution in [3.05, 3.63) is 75.3 Å². The van der Waals surface area contributed by atoms with E-state index < -0.39 is 0 Å². The molecule has 128 valence electrons. The van der Waals surface area contributed by atoms with E-state index in [9.17, 15) is 4.79 Å². The van der Waals surface area contributed by atoms with Crippen molar-refractivity contribution >= 4 is 39.7 Å². The Morgan fingerprint density at radius 2 is 1.92 bits per heavy atom. The molecule has 1 amide bonds. The summed E-state index contributed by atoms with van der Waals surface area (Å²) in [5.74, 6) is -0.159. The molecule has 0 aliphatic rings. The number of carbonyl (C=O) groups excluding carboxylic acids is 1. The highest BCUT2D eigenvalue weighted by Gasteiger charge is 2.16. The fourth-order valence-electron chi connectivity index (χ4n) is 2.40. The Balaban J connectivity index is 1.70. The first-order valence-electron chi connectivity index (χ1n) is 7.85. The second-order valence-electron chi connectivity index (χ2n) is 5.69. The summed E-state index contributed by atoms with van der Waals surface area (Å²) >= 11 is 7.31. The summed E-state index contributed by atoms with van der Waals surface area (Å²) in [5.41, 5.74) is 3.55. The molecule has 6 heteroatoms. The van der Waals surface area contributed by atoms with Crippen molar-refractivity contribution in [2.75, 3.05) is 10.6 Å². The molecule has 0 radical (unpaired) electrons. The van der Waals surface area contributed by atoms with Crippen LogP contribution in [0.4, 0.5) is 10.8 Å². The van der Waals surface area contributed by atoms with E-state index in [0.717, 1.165) is 21.9 Å². The Morgan fingerprint density at radius 3 is 2.64 bits per heavy atom. The van der Waals surface area contributed by atoms with Gasteiger partial charge in [-0.25, -0.2) is 4.98 Å². The molecule has 3 rings (SSSR count). The van der Waals surface area contributed by atoms with E-state index in [4.69, 9.17) is 11.6 Å². The van der Waals surface area contributed by atoms with E-state index in [1.165, 1.54) is 11.3 Å². The average molecular weight is 372 g/mol. The first kappa shape index (κ1) is 17.5. The number of nitrogens with zero attached hydrogens (tertiary/aromatic N) is 1. The van der Waals surface area contributed by atoms with Gasteiger partial charge in [0.25, 0.3) is 5.91 Å². The molecule has 3 aromatic rings. The number of halogens is 1. The van der Waals surface area contributed by atoms with Crippen LogP contribution in [0.15, 0.2) is 48.5 Å². The number of amides is 1. The number of nitrogens with one attached hydrogen (secondary N) is 2. The number of carbonyl (C=O) groups is 1. The molecular weight excluding hydrogens is 354 g/mol. The summed E-state index contributed by atoms with van der Waals surface area (Å²) in [7, 11) is 0. The second kappa shape index (κ2) is 7.68. The topological polar surface area (TPSA) is 54.0 Å². The molecule has 1 aromatic heterocycles. The molecule has 0 spiro atoms. The minimum Gasteiger partial charge on any atom is -0.357 e. The van der Waals surface area contributed by atoms with Crippen molar-refractivity contribution in [3.63, 3.8) is 0 Å². The molecule has 0 atom stereocenters. The van der Waals surface area contributed by atoms with Gasteiger partial charge in [-0.2, -0.15) is 0 Å². The smallest absolute Gasteiger partial charge is 0.267 e. The fraction of sp³-hybridized carbons (Fsp3) is 0.158. The van der Waals surface area contributed by atoms with Crippen LogP contribution in [0.3, 0.4) is 0 Å². The highest BCUT2D eigenvalue weighted by Crippen LogP contribution is 2.26. The Morgan fingerprint density at radius 1 is 1.16 bits per heavy atom. The molecule has 2 N–H and O–H groups in total. The van der Waals surface area contributed by atoms with Gasteiger partial charge in [0, 0.05) is 17.3 Å². The van der Waals surface area contributed by atoms with Crippen LogP contribution in [-0.4, -0.2) is 10.9 Å². The largest absolute Gasteiger partial charge is 0.357 e. The maximum Gasteiger partial charge on any atom is 0.267 e. The van der Waals surface area contributed by atoms with Gasteiger partial charge < -0.3 is 10.6 Å². The summed E-state index contributed by atoms with van der Waals surface area (Å²) in [5, 5.41) is 7.58. The maximum absolute atomic E-state index is 12.6. The Kier molecular flexibility index (Phi) is 5.36. The van der Waals surface area contributed by atoms with Crippen LogP contribution in [0, 0.1) is 13.8 Å². The molecule has 0 saturated heterocycles. The van der Waals surface area contributed by atoms with Gasteiger partial charge in [0.2, 0.25) is 0 Å². The number of thiazole rings is 1. The Hall–Kier alpha value is -2.37. The molecule has 0 fully saturated rings. The van der Waals surface area contributed by atoms with Crippen molar-refractivity contribution in [3.8, 4) is 0 Å². The fourth-order valence-corrected chi connectivity index (χ4v) is 3.49. The van der Waals surface area contributed by atoms with E-state index in [1.807, 2.05) is 50.2 Å². The van der Waals surface area contributed by atoms with Crippen LogP contribution in [0.25, 0.3) is 0 Å². The van der Waals surface area contributed by atoms with Gasteiger partial charge >= 0.3 is 0 Å². The van der Waals surface area contributed by atoms with Crippen LogP contribution < -0.4 is 10.6 Å². The van der Waals surface area contributed by atoms with Crippen molar-refractivity contribution in [1.82, 2.24) is 4.98 Å². The molecular formula is C19H18ClN3OS. The van der Waals surface area contributed by atoms with Crippen LogP contribution in [0.2, 0.25) is 5.02 Å². The van der Waals surface area contributed by atoms with E-state index >= 15 is 0 Å². The van der Waals surface area contributed by atoms with Gasteiger partial charge in [0.15, 0.2) is 5.13 Å². The third-order valence-electron chi connectivity index (χ3n) is 3.73. The number of hydrogen-bond donors (Lipinski definition) is 2. The summed E-state index contributed by atoms with van der Waals surface area (Å²) in [6.07, 6.45) is 0. The van der Waals surface area contributed by atoms with Gasteiger partial charge in [-0.15, -0.1) is 0 Å². The molecule has 0 unspecified atom stereocenters. The maximum atomic E-state index is 12.6. The molecule has 4 nitrogen and oxygen atoms in total. The third kappa shape index (κ3) is 4.38. The van der Waals surface area contributed by atoms with Gasteiger partial charge in [0.05, 0.1) is 5.69 Å². The zero-order chi connectivity index (χ0) is 17.8. The van der Waals surface area contributed by atoms with Crippen molar-refractivity contribution in [1.29, 1.82) is 0 Å². The number of benzene rings is 2. The van der Waals surface area contributed by atoms with Crippen LogP contribution >= 0.6 is 22.9 Å². The molecule has 1 heterocycles. The molecule has 0 bridgehead atoms. The minimum atomic E-state index is -0.159. The summed E-state index contributed by atoms with van der Waals surface area (Å²) < 4.78 is 0. The van der Waals surface area contributed by atoms with E-state index in [1.54, 1.807) is 12.1 Å². The number of aromatic nitrogens is 1. The van der Waals surface area contributed by atoms with Crippen molar-refractivity contribution in [2.45, 2.75) is 20.4 Å². The zero-order valence-electron chi connectivity index (χ0n) is 14.0. The lowest BCUT2D eigenvalue weighted by atomic mass is 10.2. The van der Waals surface area contributed by atoms with E-state index in [-0.39, 0.29) is 5.91 Å². The van der Waals surface area contributed by atoms with E-state index in [2.05, 4.69) is 15.6 Å². The number of anilines is 2. The summed E-state index contributed by atoms with van der Waals surface area (Å²) in [4.78, 5) is 17.6. The molecule has 0 aliphatic heterocycles. The average Bonchev–Trinajstić information content (AvgIpc) is 2.97. The van der Waals surface area contributed by atoms with Gasteiger partial charge in [-0.1, -0.05) is 53.3 Å². The van der Waals surface area contributed by atoms with Crippen LogP contribution in [0.1, 0.15) is 26.5 Å². The SMILES string of the molecule is Cc1cc(Cl)ccc1NC(=O)c1sc(NCc2ccccc2)nc1C. The molecule has 0 saturated carbocycles. The molecule has 2 aromatic carbocycles. The van der Waals surface area contributed by atoms with Crippen LogP contribution in [0.5, 0.6) is 0 Å². The summed E-state index contributed by atoms with van der Waals surface area (Å²) in [6.45, 7) is 4.42. The Labute approximate surface area is 155 Å². The lowest BCUT2D eigenvalue weighted by Gasteiger charge is -2.07. The zero-order valence-corrected chi connectivity index (χ0v) is 15.5. The lowest BCUT2D eigenvalue weighted by Crippen LogP contribution is -2.12. The molecule has 25 heavy (non-hydrogen) atoms. The number of hydrogen-bond acceptors (Lipinski definition) is 4. The van der Waals surface area contributed by atoms with Gasteiger partial charge in [0.1, 0.15) is 4.88 Å². The summed E-state index contributed by atoms with van der Waals surface area (Å²) in [6, 6.07) is 15.5. The first-order valence-corrected chi connectivity index (χ1v) is 9.05. The van der Waals surface area contributed by atoms with Gasteiger partial charge in [-0.05, 0) is 43.2 Å². The third-order valence-corrected chi connectivity index (χ3v) is 5.08. The monoisotopic (exact) mass is 371 g/mol. The first-order chi connectivity index (χ1) is 12.0. The van der Waals surface area contributed by atoms with Crippen LogP contribution in [-0.2, 0) is 6.54 Å². The van der Waals surface area contributed by atoms with Gasteiger partial charge in [-0.3, -0.25) is 4.79 Å². The highest BCUT2D eigenvalue weighted by atomic mass is 35.5. The highest BCUT2D eigenvalue weighted by molar-refractivity contribution is 7.17. The van der Waals surface area contributed by atoms with Crippen molar-refractivity contribution in [2.24, 2.45) is 0 Å². The molecule has 0 aliphatic carbocycles. The Bertz CT molecular complexity index is 893. The predicted molar refractivity (Wildman–Crippen MR) is 105 cm³/mol. The van der Waals surface area contributed by atoms with E-state index in [0.29, 0.717) is 22.1 Å².